The van der Waals surface area contributed by atoms with Crippen molar-refractivity contribution in [2.45, 2.75) is 0 Å². The Morgan fingerprint density at radius 2 is 1.69 bits per heavy atom. The molecule has 0 amide bonds. The Morgan fingerprint density at radius 3 is 2.15 bits per heavy atom. The average molecular weight is 190 g/mol. The van der Waals surface area contributed by atoms with Gasteiger partial charge < -0.3 is 11.1 Å². The molecule has 0 atom stereocenters. The minimum absolute atomic E-state index is 0.182. The van der Waals surface area contributed by atoms with Crippen LogP contribution in [0.4, 0.5) is 18.9 Å². The van der Waals surface area contributed by atoms with Crippen molar-refractivity contribution in [1.82, 2.24) is 0 Å². The summed E-state index contributed by atoms with van der Waals surface area (Å²) < 4.78 is 37.6. The quantitative estimate of drug-likeness (QED) is 0.708. The van der Waals surface area contributed by atoms with Crippen LogP contribution in [0.2, 0.25) is 0 Å². The molecule has 1 aromatic carbocycles. The van der Waals surface area contributed by atoms with Crippen molar-refractivity contribution in [3.63, 3.8) is 0 Å². The normalized spacial score (nSPS) is 10.2. The zero-order valence-electron chi connectivity index (χ0n) is 6.78. The lowest BCUT2D eigenvalue weighted by Crippen LogP contribution is -2.13. The van der Waals surface area contributed by atoms with E-state index >= 15 is 0 Å². The molecule has 5 heteroatoms. The van der Waals surface area contributed by atoms with Gasteiger partial charge in [-0.05, 0) is 0 Å². The third kappa shape index (κ3) is 2.35. The third-order valence-corrected chi connectivity index (χ3v) is 1.46. The van der Waals surface area contributed by atoms with Gasteiger partial charge in [0.25, 0.3) is 0 Å². The summed E-state index contributed by atoms with van der Waals surface area (Å²) in [6, 6.07) is 1.77. The van der Waals surface area contributed by atoms with Crippen LogP contribution in [0.1, 0.15) is 0 Å². The van der Waals surface area contributed by atoms with Gasteiger partial charge in [0.15, 0.2) is 17.5 Å². The van der Waals surface area contributed by atoms with E-state index in [1.807, 2.05) is 0 Å². The fraction of sp³-hybridized carbons (Fsp3) is 0.250. The maximum absolute atomic E-state index is 12.6. The third-order valence-electron chi connectivity index (χ3n) is 1.46. The number of rotatable bonds is 3. The Balaban J connectivity index is 2.86. The smallest absolute Gasteiger partial charge is 0.194 e. The van der Waals surface area contributed by atoms with Gasteiger partial charge in [-0.1, -0.05) is 0 Å². The Bertz CT molecular complexity index is 278. The summed E-state index contributed by atoms with van der Waals surface area (Å²) in [7, 11) is 0. The minimum Gasteiger partial charge on any atom is -0.384 e. The summed E-state index contributed by atoms with van der Waals surface area (Å²) in [5.74, 6) is -3.88. The number of hydrogen-bond acceptors (Lipinski definition) is 2. The summed E-state index contributed by atoms with van der Waals surface area (Å²) in [6.45, 7) is 0.713. The molecule has 2 nitrogen and oxygen atoms in total. The zero-order chi connectivity index (χ0) is 9.84. The number of benzene rings is 1. The summed E-state index contributed by atoms with van der Waals surface area (Å²) in [4.78, 5) is 0. The van der Waals surface area contributed by atoms with Gasteiger partial charge >= 0.3 is 0 Å². The Kier molecular flexibility index (Phi) is 3.13. The average Bonchev–Trinajstić information content (AvgIpc) is 2.10. The van der Waals surface area contributed by atoms with Crippen LogP contribution in [0.25, 0.3) is 0 Å². The van der Waals surface area contributed by atoms with Gasteiger partial charge in [-0.25, -0.2) is 13.2 Å². The largest absolute Gasteiger partial charge is 0.384 e. The maximum Gasteiger partial charge on any atom is 0.194 e. The van der Waals surface area contributed by atoms with E-state index in [1.165, 1.54) is 0 Å². The van der Waals surface area contributed by atoms with E-state index in [0.29, 0.717) is 13.1 Å². The molecular formula is C8H9F3N2. The van der Waals surface area contributed by atoms with Gasteiger partial charge in [-0.3, -0.25) is 0 Å². The van der Waals surface area contributed by atoms with E-state index in [0.717, 1.165) is 12.1 Å². The van der Waals surface area contributed by atoms with Gasteiger partial charge in [-0.2, -0.15) is 0 Å². The van der Waals surface area contributed by atoms with Crippen molar-refractivity contribution in [2.75, 3.05) is 18.4 Å². The molecule has 0 aliphatic carbocycles. The lowest BCUT2D eigenvalue weighted by atomic mass is 10.3. The molecule has 0 spiro atoms. The monoisotopic (exact) mass is 190 g/mol. The molecule has 0 aromatic heterocycles. The van der Waals surface area contributed by atoms with Crippen molar-refractivity contribution in [3.05, 3.63) is 29.6 Å². The molecule has 13 heavy (non-hydrogen) atoms. The second-order valence-electron chi connectivity index (χ2n) is 2.47. The lowest BCUT2D eigenvalue weighted by molar-refractivity contribution is 0.447. The van der Waals surface area contributed by atoms with Crippen LogP contribution in [0.15, 0.2) is 12.1 Å². The maximum atomic E-state index is 12.6. The van der Waals surface area contributed by atoms with Crippen LogP contribution < -0.4 is 11.1 Å². The molecule has 72 valence electrons. The van der Waals surface area contributed by atoms with Crippen molar-refractivity contribution in [2.24, 2.45) is 5.73 Å². The molecule has 0 bridgehead atoms. The molecular weight excluding hydrogens is 181 g/mol. The highest BCUT2D eigenvalue weighted by Gasteiger charge is 2.09. The summed E-state index contributed by atoms with van der Waals surface area (Å²) >= 11 is 0. The lowest BCUT2D eigenvalue weighted by Gasteiger charge is -2.05. The van der Waals surface area contributed by atoms with Gasteiger partial charge in [0.1, 0.15) is 0 Å². The molecule has 0 heterocycles. The second kappa shape index (κ2) is 4.13. The first-order valence-electron chi connectivity index (χ1n) is 3.73. The fourth-order valence-electron chi connectivity index (χ4n) is 0.874. The van der Waals surface area contributed by atoms with Crippen LogP contribution in [0.5, 0.6) is 0 Å². The second-order valence-corrected chi connectivity index (χ2v) is 2.47. The Hall–Kier alpha value is -1.23. The van der Waals surface area contributed by atoms with E-state index in [4.69, 9.17) is 5.73 Å². The Labute approximate surface area is 73.5 Å². The first-order chi connectivity index (χ1) is 6.15. The van der Waals surface area contributed by atoms with E-state index in [2.05, 4.69) is 5.32 Å². The van der Waals surface area contributed by atoms with E-state index < -0.39 is 17.5 Å². The molecule has 0 fully saturated rings. The van der Waals surface area contributed by atoms with Gasteiger partial charge in [-0.15, -0.1) is 0 Å². The van der Waals surface area contributed by atoms with E-state index in [1.54, 1.807) is 0 Å². The zero-order valence-corrected chi connectivity index (χ0v) is 6.78. The molecule has 1 aromatic rings. The van der Waals surface area contributed by atoms with Gasteiger partial charge in [0, 0.05) is 30.9 Å². The van der Waals surface area contributed by atoms with E-state index in [9.17, 15) is 13.2 Å². The number of nitrogens with two attached hydrogens (primary N) is 1. The molecule has 0 saturated carbocycles. The molecule has 0 aliphatic rings. The highest BCUT2D eigenvalue weighted by Crippen LogP contribution is 2.16. The van der Waals surface area contributed by atoms with Crippen LogP contribution >= 0.6 is 0 Å². The Morgan fingerprint density at radius 1 is 1.15 bits per heavy atom. The van der Waals surface area contributed by atoms with Crippen LogP contribution in [-0.4, -0.2) is 13.1 Å². The topological polar surface area (TPSA) is 38.0 Å². The SMILES string of the molecule is NCCNc1cc(F)c(F)c(F)c1. The molecule has 1 rings (SSSR count). The molecule has 0 saturated heterocycles. The number of anilines is 1. The fourth-order valence-corrected chi connectivity index (χ4v) is 0.874. The summed E-state index contributed by atoms with van der Waals surface area (Å²) in [6.07, 6.45) is 0. The molecule has 0 unspecified atom stereocenters. The minimum atomic E-state index is -1.46. The highest BCUT2D eigenvalue weighted by molar-refractivity contribution is 5.44. The number of hydrogen-bond donors (Lipinski definition) is 2. The number of nitrogens with one attached hydrogen (secondary N) is 1. The van der Waals surface area contributed by atoms with Gasteiger partial charge in [0.05, 0.1) is 0 Å². The highest BCUT2D eigenvalue weighted by atomic mass is 19.2. The predicted molar refractivity (Wildman–Crippen MR) is 43.9 cm³/mol. The first kappa shape index (κ1) is 9.85. The van der Waals surface area contributed by atoms with Crippen molar-refractivity contribution in [1.29, 1.82) is 0 Å². The summed E-state index contributed by atoms with van der Waals surface area (Å²) in [5.41, 5.74) is 5.34. The van der Waals surface area contributed by atoms with Crippen molar-refractivity contribution >= 4 is 5.69 Å². The van der Waals surface area contributed by atoms with Crippen LogP contribution in [0.3, 0.4) is 0 Å². The van der Waals surface area contributed by atoms with Crippen molar-refractivity contribution in [3.8, 4) is 0 Å². The first-order valence-corrected chi connectivity index (χ1v) is 3.73. The molecule has 0 aliphatic heterocycles. The standard InChI is InChI=1S/C8H9F3N2/c9-6-3-5(13-2-1-12)4-7(10)8(6)11/h3-4,13H,1-2,12H2. The van der Waals surface area contributed by atoms with Crippen LogP contribution in [-0.2, 0) is 0 Å². The van der Waals surface area contributed by atoms with Gasteiger partial charge in [0.2, 0.25) is 0 Å². The van der Waals surface area contributed by atoms with Crippen LogP contribution in [0, 0.1) is 17.5 Å². The number of halogens is 3. The summed E-state index contributed by atoms with van der Waals surface area (Å²) in [5, 5.41) is 2.63. The predicted octanol–water partition coefficient (Wildman–Crippen LogP) is 1.47. The van der Waals surface area contributed by atoms with Crippen molar-refractivity contribution < 1.29 is 13.2 Å². The van der Waals surface area contributed by atoms with E-state index in [-0.39, 0.29) is 5.69 Å². The molecule has 3 N–H and O–H groups in total. The molecule has 0 radical (unpaired) electrons.